The van der Waals surface area contributed by atoms with Crippen LogP contribution in [-0.2, 0) is 25.5 Å². The van der Waals surface area contributed by atoms with Crippen molar-refractivity contribution in [3.8, 4) is 11.1 Å². The molecule has 48 heavy (non-hydrogen) atoms. The number of carbonyl (C=O) groups is 4. The molecule has 5 rings (SSSR count). The Kier molecular flexibility index (Phi) is 10.7. The van der Waals surface area contributed by atoms with Crippen LogP contribution < -0.4 is 16.0 Å². The highest BCUT2D eigenvalue weighted by Crippen LogP contribution is 2.44. The van der Waals surface area contributed by atoms with E-state index in [-0.39, 0.29) is 37.3 Å². The largest absolute Gasteiger partial charge is 0.449 e. The molecule has 0 unspecified atom stereocenters. The first-order chi connectivity index (χ1) is 22.9. The lowest BCUT2D eigenvalue weighted by Crippen LogP contribution is -2.56. The minimum absolute atomic E-state index is 0.0824. The van der Waals surface area contributed by atoms with Crippen molar-refractivity contribution < 1.29 is 28.7 Å². The molecule has 3 aromatic rings. The molecule has 254 valence electrons. The van der Waals surface area contributed by atoms with Gasteiger partial charge in [0.1, 0.15) is 24.3 Å². The topological polar surface area (TPSA) is 126 Å². The molecule has 1 fully saturated rings. The van der Waals surface area contributed by atoms with E-state index in [4.69, 9.17) is 9.47 Å². The Bertz CT molecular complexity index is 1570. The average molecular weight is 655 g/mol. The second-order valence-electron chi connectivity index (χ2n) is 13.8. The third-order valence-corrected chi connectivity index (χ3v) is 8.71. The van der Waals surface area contributed by atoms with Crippen molar-refractivity contribution in [3.63, 3.8) is 0 Å². The lowest BCUT2D eigenvalue weighted by molar-refractivity contribution is -0.140. The summed E-state index contributed by atoms with van der Waals surface area (Å²) < 4.78 is 11.2. The standard InChI is InChI=1S/C38H46N4O6/c1-24(2)33(41-37(46)48-38(3,4)5)35(44)42-22-26(21-32(42)34(43)39-20-19-25-13-7-6-8-14-25)40-36(45)47-23-31-29-17-11-9-15-27(29)28-16-10-12-18-30(28)31/h6-18,24,26,31-33H,19-23H2,1-5H3,(H,39,43)(H,40,45)(H,41,46)/t26-,32-,33-/m0/s1. The number of fused-ring (bicyclic) bond motifs is 3. The molecule has 3 N–H and O–H groups in total. The third kappa shape index (κ3) is 8.34. The Labute approximate surface area is 282 Å². The van der Waals surface area contributed by atoms with Crippen LogP contribution in [0.3, 0.4) is 0 Å². The van der Waals surface area contributed by atoms with E-state index in [0.29, 0.717) is 13.0 Å². The number of nitrogens with one attached hydrogen (secondary N) is 3. The number of nitrogens with zero attached hydrogens (tertiary/aromatic N) is 1. The zero-order valence-electron chi connectivity index (χ0n) is 28.3. The number of likely N-dealkylation sites (tertiary alicyclic amines) is 1. The van der Waals surface area contributed by atoms with Gasteiger partial charge < -0.3 is 30.3 Å². The molecule has 0 aromatic heterocycles. The fraction of sp³-hybridized carbons (Fsp3) is 0.421. The minimum atomic E-state index is -0.937. The van der Waals surface area contributed by atoms with E-state index in [2.05, 4.69) is 40.2 Å². The van der Waals surface area contributed by atoms with Gasteiger partial charge >= 0.3 is 12.2 Å². The molecular weight excluding hydrogens is 608 g/mol. The molecule has 3 atom stereocenters. The predicted octanol–water partition coefficient (Wildman–Crippen LogP) is 5.40. The van der Waals surface area contributed by atoms with Crippen LogP contribution in [0.4, 0.5) is 9.59 Å². The van der Waals surface area contributed by atoms with E-state index in [1.54, 1.807) is 20.8 Å². The van der Waals surface area contributed by atoms with E-state index in [1.807, 2.05) is 68.4 Å². The Morgan fingerprint density at radius 2 is 1.46 bits per heavy atom. The molecule has 1 saturated heterocycles. The van der Waals surface area contributed by atoms with Crippen molar-refractivity contribution in [1.82, 2.24) is 20.9 Å². The van der Waals surface area contributed by atoms with E-state index < -0.39 is 41.8 Å². The molecule has 0 radical (unpaired) electrons. The van der Waals surface area contributed by atoms with Gasteiger partial charge in [0.25, 0.3) is 0 Å². The van der Waals surface area contributed by atoms with Crippen molar-refractivity contribution >= 4 is 24.0 Å². The molecule has 4 amide bonds. The van der Waals surface area contributed by atoms with Crippen LogP contribution >= 0.6 is 0 Å². The maximum atomic E-state index is 14.0. The second-order valence-corrected chi connectivity index (χ2v) is 13.8. The van der Waals surface area contributed by atoms with Gasteiger partial charge in [0, 0.05) is 19.0 Å². The zero-order chi connectivity index (χ0) is 34.4. The number of amides is 4. The molecule has 2 aliphatic rings. The van der Waals surface area contributed by atoms with Crippen molar-refractivity contribution in [1.29, 1.82) is 0 Å². The molecule has 1 aliphatic carbocycles. The summed E-state index contributed by atoms with van der Waals surface area (Å²) in [5, 5.41) is 8.56. The van der Waals surface area contributed by atoms with Crippen LogP contribution in [0, 0.1) is 5.92 Å². The molecule has 1 aliphatic heterocycles. The van der Waals surface area contributed by atoms with Crippen molar-refractivity contribution in [2.45, 2.75) is 77.1 Å². The smallest absolute Gasteiger partial charge is 0.408 e. The van der Waals surface area contributed by atoms with Crippen LogP contribution in [0.15, 0.2) is 78.9 Å². The van der Waals surface area contributed by atoms with Crippen LogP contribution in [0.5, 0.6) is 0 Å². The Balaban J connectivity index is 1.26. The highest BCUT2D eigenvalue weighted by molar-refractivity contribution is 5.92. The number of rotatable bonds is 10. The van der Waals surface area contributed by atoms with Crippen molar-refractivity contribution in [2.75, 3.05) is 19.7 Å². The molecule has 10 nitrogen and oxygen atoms in total. The molecular formula is C38H46N4O6. The van der Waals surface area contributed by atoms with Crippen LogP contribution in [0.2, 0.25) is 0 Å². The minimum Gasteiger partial charge on any atom is -0.449 e. The van der Waals surface area contributed by atoms with E-state index in [1.165, 1.54) is 4.90 Å². The monoisotopic (exact) mass is 654 g/mol. The van der Waals surface area contributed by atoms with Crippen molar-refractivity contribution in [2.24, 2.45) is 5.92 Å². The molecule has 0 bridgehead atoms. The highest BCUT2D eigenvalue weighted by atomic mass is 16.6. The number of hydrogen-bond acceptors (Lipinski definition) is 6. The van der Waals surface area contributed by atoms with Crippen molar-refractivity contribution in [3.05, 3.63) is 95.6 Å². The normalized spacial score (nSPS) is 17.7. The van der Waals surface area contributed by atoms with Crippen LogP contribution in [0.1, 0.15) is 63.6 Å². The van der Waals surface area contributed by atoms with Gasteiger partial charge in [-0.25, -0.2) is 9.59 Å². The molecule has 0 spiro atoms. The van der Waals surface area contributed by atoms with E-state index in [9.17, 15) is 19.2 Å². The summed E-state index contributed by atoms with van der Waals surface area (Å²) in [5.74, 6) is -1.13. The second kappa shape index (κ2) is 14.9. The SMILES string of the molecule is CC(C)[C@H](NC(=O)OC(C)(C)C)C(=O)N1C[C@@H](NC(=O)OCC2c3ccccc3-c3ccccc32)C[C@H]1C(=O)NCCc1ccccc1. The van der Waals surface area contributed by atoms with Gasteiger partial charge in [0.2, 0.25) is 11.8 Å². The van der Waals surface area contributed by atoms with Gasteiger partial charge in [0.15, 0.2) is 0 Å². The fourth-order valence-corrected chi connectivity index (χ4v) is 6.46. The maximum Gasteiger partial charge on any atom is 0.408 e. The van der Waals surface area contributed by atoms with Gasteiger partial charge in [-0.15, -0.1) is 0 Å². The summed E-state index contributed by atoms with van der Waals surface area (Å²) in [6.45, 7) is 9.48. The first-order valence-electron chi connectivity index (χ1n) is 16.6. The van der Waals surface area contributed by atoms with Crippen LogP contribution in [-0.4, -0.2) is 72.3 Å². The Morgan fingerprint density at radius 1 is 0.854 bits per heavy atom. The first kappa shape index (κ1) is 34.5. The summed E-state index contributed by atoms with van der Waals surface area (Å²) in [6, 6.07) is 23.7. The Hall–Kier alpha value is -4.86. The van der Waals surface area contributed by atoms with Gasteiger partial charge in [-0.05, 0) is 67.3 Å². The highest BCUT2D eigenvalue weighted by Gasteiger charge is 2.43. The number of hydrogen-bond donors (Lipinski definition) is 3. The van der Waals surface area contributed by atoms with E-state index >= 15 is 0 Å². The molecule has 10 heteroatoms. The van der Waals surface area contributed by atoms with Gasteiger partial charge in [-0.1, -0.05) is 92.7 Å². The number of alkyl carbamates (subject to hydrolysis) is 2. The molecule has 0 saturated carbocycles. The first-order valence-corrected chi connectivity index (χ1v) is 16.6. The zero-order valence-corrected chi connectivity index (χ0v) is 28.3. The van der Waals surface area contributed by atoms with Gasteiger partial charge in [-0.3, -0.25) is 9.59 Å². The third-order valence-electron chi connectivity index (χ3n) is 8.71. The lowest BCUT2D eigenvalue weighted by Gasteiger charge is -2.31. The van der Waals surface area contributed by atoms with Gasteiger partial charge in [-0.2, -0.15) is 0 Å². The Morgan fingerprint density at radius 3 is 2.06 bits per heavy atom. The summed E-state index contributed by atoms with van der Waals surface area (Å²) in [4.78, 5) is 54.8. The molecule has 3 aromatic carbocycles. The quantitative estimate of drug-likeness (QED) is 0.269. The van der Waals surface area contributed by atoms with Gasteiger partial charge in [0.05, 0.1) is 6.04 Å². The van der Waals surface area contributed by atoms with E-state index in [0.717, 1.165) is 27.8 Å². The summed E-state index contributed by atoms with van der Waals surface area (Å²) in [5.41, 5.74) is 4.80. The lowest BCUT2D eigenvalue weighted by atomic mass is 9.98. The number of benzene rings is 3. The van der Waals surface area contributed by atoms with Crippen LogP contribution in [0.25, 0.3) is 11.1 Å². The summed E-state index contributed by atoms with van der Waals surface area (Å²) in [6.07, 6.45) is -0.508. The maximum absolute atomic E-state index is 14.0. The summed E-state index contributed by atoms with van der Waals surface area (Å²) >= 11 is 0. The molecule has 1 heterocycles. The average Bonchev–Trinajstić information content (AvgIpc) is 3.61. The number of carbonyl (C=O) groups excluding carboxylic acids is 4. The number of ether oxygens (including phenoxy) is 2. The summed E-state index contributed by atoms with van der Waals surface area (Å²) in [7, 11) is 0. The fourth-order valence-electron chi connectivity index (χ4n) is 6.46. The predicted molar refractivity (Wildman–Crippen MR) is 183 cm³/mol.